The first-order valence-electron chi connectivity index (χ1n) is 5.55. The molecule has 4 nitrogen and oxygen atoms in total. The number of rotatable bonds is 3. The molecule has 0 radical (unpaired) electrons. The number of sulfonamides is 1. The minimum atomic E-state index is -3.68. The quantitative estimate of drug-likeness (QED) is 0.890. The van der Waals surface area contributed by atoms with Gasteiger partial charge in [-0.25, -0.2) is 8.42 Å². The molecule has 0 amide bonds. The van der Waals surface area contributed by atoms with E-state index in [0.29, 0.717) is 15.2 Å². The summed E-state index contributed by atoms with van der Waals surface area (Å²) in [5, 5.41) is 9.68. The minimum Gasteiger partial charge on any atom is -0.508 e. The van der Waals surface area contributed by atoms with E-state index in [4.69, 9.17) is 11.6 Å². The molecule has 0 heterocycles. The minimum absolute atomic E-state index is 0.0776. The normalized spacial score (nSPS) is 11.3. The van der Waals surface area contributed by atoms with Gasteiger partial charge in [0.05, 0.1) is 15.6 Å². The van der Waals surface area contributed by atoms with Crippen molar-refractivity contribution in [3.63, 3.8) is 0 Å². The lowest BCUT2D eigenvalue weighted by Crippen LogP contribution is -2.26. The molecule has 0 unspecified atom stereocenters. The summed E-state index contributed by atoms with van der Waals surface area (Å²) in [6.07, 6.45) is 0. The molecule has 0 saturated carbocycles. The van der Waals surface area contributed by atoms with Crippen molar-refractivity contribution < 1.29 is 13.5 Å². The van der Waals surface area contributed by atoms with E-state index in [1.807, 2.05) is 0 Å². The molecule has 2 aromatic carbocycles. The first-order chi connectivity index (χ1) is 9.32. The standard InChI is InChI=1S/C13H11BrClNO3S/c1-16(9-2-4-10(17)5-3-9)20(18,19)11-6-7-13(15)12(14)8-11/h2-8,17H,1H3. The molecule has 7 heteroatoms. The van der Waals surface area contributed by atoms with Crippen LogP contribution in [0.25, 0.3) is 0 Å². The third kappa shape index (κ3) is 2.92. The molecule has 2 aromatic rings. The van der Waals surface area contributed by atoms with Gasteiger partial charge < -0.3 is 5.11 Å². The fourth-order valence-electron chi connectivity index (χ4n) is 1.60. The maximum Gasteiger partial charge on any atom is 0.264 e. The molecule has 106 valence electrons. The van der Waals surface area contributed by atoms with E-state index in [1.54, 1.807) is 0 Å². The summed E-state index contributed by atoms with van der Waals surface area (Å²) in [6, 6.07) is 10.3. The molecule has 1 N–H and O–H groups in total. The number of phenolic OH excluding ortho intramolecular Hbond substituents is 1. The van der Waals surface area contributed by atoms with Crippen LogP contribution < -0.4 is 4.31 Å². The smallest absolute Gasteiger partial charge is 0.264 e. The van der Waals surface area contributed by atoms with Gasteiger partial charge in [-0.2, -0.15) is 0 Å². The molecular weight excluding hydrogens is 366 g/mol. The molecular formula is C13H11BrClNO3S. The number of aromatic hydroxyl groups is 1. The Bertz CT molecular complexity index is 732. The Morgan fingerprint density at radius 3 is 2.30 bits per heavy atom. The Balaban J connectivity index is 2.43. The molecule has 2 rings (SSSR count). The molecule has 0 aliphatic heterocycles. The Morgan fingerprint density at radius 2 is 1.75 bits per heavy atom. The Kier molecular flexibility index (Phi) is 4.27. The average Bonchev–Trinajstić information content (AvgIpc) is 2.41. The SMILES string of the molecule is CN(c1ccc(O)cc1)S(=O)(=O)c1ccc(Cl)c(Br)c1. The summed E-state index contributed by atoms with van der Waals surface area (Å²) >= 11 is 9.07. The summed E-state index contributed by atoms with van der Waals surface area (Å²) in [6.45, 7) is 0. The second-order valence-corrected chi connectivity index (χ2v) is 7.30. The number of hydrogen-bond donors (Lipinski definition) is 1. The van der Waals surface area contributed by atoms with Crippen molar-refractivity contribution in [2.24, 2.45) is 0 Å². The molecule has 0 aliphatic rings. The highest BCUT2D eigenvalue weighted by Crippen LogP contribution is 2.29. The van der Waals surface area contributed by atoms with Gasteiger partial charge in [-0.15, -0.1) is 0 Å². The van der Waals surface area contributed by atoms with Crippen LogP contribution in [-0.2, 0) is 10.0 Å². The van der Waals surface area contributed by atoms with Gasteiger partial charge in [0, 0.05) is 11.5 Å². The van der Waals surface area contributed by atoms with Crippen molar-refractivity contribution in [2.75, 3.05) is 11.4 Å². The van der Waals surface area contributed by atoms with Crippen LogP contribution in [0.3, 0.4) is 0 Å². The summed E-state index contributed by atoms with van der Waals surface area (Å²) in [5.74, 6) is 0.0776. The highest BCUT2D eigenvalue weighted by molar-refractivity contribution is 9.10. The number of nitrogens with zero attached hydrogens (tertiary/aromatic N) is 1. The predicted octanol–water partition coefficient (Wildman–Crippen LogP) is 3.63. The molecule has 0 aromatic heterocycles. The molecule has 0 spiro atoms. The van der Waals surface area contributed by atoms with E-state index in [1.165, 1.54) is 49.5 Å². The molecule has 0 saturated heterocycles. The van der Waals surface area contributed by atoms with E-state index < -0.39 is 10.0 Å². The van der Waals surface area contributed by atoms with Gasteiger partial charge in [0.25, 0.3) is 10.0 Å². The third-order valence-electron chi connectivity index (χ3n) is 2.76. The van der Waals surface area contributed by atoms with Crippen molar-refractivity contribution in [3.8, 4) is 5.75 Å². The monoisotopic (exact) mass is 375 g/mol. The largest absolute Gasteiger partial charge is 0.508 e. The zero-order valence-electron chi connectivity index (χ0n) is 10.4. The van der Waals surface area contributed by atoms with Crippen LogP contribution in [0.2, 0.25) is 5.02 Å². The van der Waals surface area contributed by atoms with E-state index in [2.05, 4.69) is 15.9 Å². The highest BCUT2D eigenvalue weighted by Gasteiger charge is 2.22. The van der Waals surface area contributed by atoms with Crippen LogP contribution in [0, 0.1) is 0 Å². The van der Waals surface area contributed by atoms with Gasteiger partial charge >= 0.3 is 0 Å². The van der Waals surface area contributed by atoms with Gasteiger partial charge in [0.15, 0.2) is 0 Å². The van der Waals surface area contributed by atoms with Crippen LogP contribution in [-0.4, -0.2) is 20.6 Å². The summed E-state index contributed by atoms with van der Waals surface area (Å²) in [5.41, 5.74) is 0.453. The molecule has 20 heavy (non-hydrogen) atoms. The van der Waals surface area contributed by atoms with Crippen LogP contribution in [0.15, 0.2) is 51.8 Å². The van der Waals surface area contributed by atoms with Gasteiger partial charge in [-0.05, 0) is 58.4 Å². The van der Waals surface area contributed by atoms with Crippen molar-refractivity contribution >= 4 is 43.2 Å². The fourth-order valence-corrected chi connectivity index (χ4v) is 3.47. The highest BCUT2D eigenvalue weighted by atomic mass is 79.9. The van der Waals surface area contributed by atoms with Gasteiger partial charge in [0.1, 0.15) is 5.75 Å². The molecule has 0 aliphatic carbocycles. The van der Waals surface area contributed by atoms with E-state index in [0.717, 1.165) is 4.31 Å². The molecule has 0 atom stereocenters. The number of phenols is 1. The number of anilines is 1. The van der Waals surface area contributed by atoms with Gasteiger partial charge in [-0.1, -0.05) is 11.6 Å². The molecule has 0 bridgehead atoms. The van der Waals surface area contributed by atoms with Crippen LogP contribution in [0.5, 0.6) is 5.75 Å². The van der Waals surface area contributed by atoms with E-state index in [-0.39, 0.29) is 10.6 Å². The first-order valence-corrected chi connectivity index (χ1v) is 8.16. The summed E-state index contributed by atoms with van der Waals surface area (Å²) in [7, 11) is -2.23. The van der Waals surface area contributed by atoms with Crippen LogP contribution in [0.4, 0.5) is 5.69 Å². The third-order valence-corrected chi connectivity index (χ3v) is 5.76. The number of hydrogen-bond acceptors (Lipinski definition) is 3. The zero-order valence-corrected chi connectivity index (χ0v) is 13.6. The predicted molar refractivity (Wildman–Crippen MR) is 82.8 cm³/mol. The fraction of sp³-hybridized carbons (Fsp3) is 0.0769. The zero-order chi connectivity index (χ0) is 14.9. The van der Waals surface area contributed by atoms with Crippen molar-refractivity contribution in [2.45, 2.75) is 4.90 Å². The van der Waals surface area contributed by atoms with Gasteiger partial charge in [0.2, 0.25) is 0 Å². The van der Waals surface area contributed by atoms with Crippen molar-refractivity contribution in [3.05, 3.63) is 52.0 Å². The first kappa shape index (κ1) is 15.2. The lowest BCUT2D eigenvalue weighted by molar-refractivity contribution is 0.475. The summed E-state index contributed by atoms with van der Waals surface area (Å²) < 4.78 is 26.6. The maximum absolute atomic E-state index is 12.5. The second kappa shape index (κ2) is 5.63. The Hall–Kier alpha value is -1.24. The lowest BCUT2D eigenvalue weighted by Gasteiger charge is -2.19. The Morgan fingerprint density at radius 1 is 1.15 bits per heavy atom. The number of benzene rings is 2. The van der Waals surface area contributed by atoms with Crippen LogP contribution in [0.1, 0.15) is 0 Å². The topological polar surface area (TPSA) is 57.6 Å². The Labute approximate surface area is 130 Å². The average molecular weight is 377 g/mol. The van der Waals surface area contributed by atoms with E-state index in [9.17, 15) is 13.5 Å². The van der Waals surface area contributed by atoms with Crippen molar-refractivity contribution in [1.82, 2.24) is 0 Å². The van der Waals surface area contributed by atoms with Crippen LogP contribution >= 0.6 is 27.5 Å². The molecule has 0 fully saturated rings. The summed E-state index contributed by atoms with van der Waals surface area (Å²) in [4.78, 5) is 0.129. The second-order valence-electron chi connectivity index (χ2n) is 4.06. The van der Waals surface area contributed by atoms with E-state index >= 15 is 0 Å². The number of halogens is 2. The van der Waals surface area contributed by atoms with Gasteiger partial charge in [-0.3, -0.25) is 4.31 Å². The maximum atomic E-state index is 12.5. The lowest BCUT2D eigenvalue weighted by atomic mass is 10.3. The van der Waals surface area contributed by atoms with Crippen molar-refractivity contribution in [1.29, 1.82) is 0 Å².